The molecule has 2 fully saturated rings. The minimum atomic E-state index is -0.828. The Kier molecular flexibility index (Phi) is 5.45. The molecule has 1 amide bonds. The third kappa shape index (κ3) is 3.54. The van der Waals surface area contributed by atoms with Gasteiger partial charge < -0.3 is 20.8 Å². The molecule has 0 aliphatic carbocycles. The molecular weight excluding hydrogens is 460 g/mol. The maximum Gasteiger partial charge on any atom is 0.248 e. The minimum absolute atomic E-state index is 0.0288. The number of hydrogen-bond donors (Lipinski definition) is 3. The summed E-state index contributed by atoms with van der Waals surface area (Å²) in [5, 5.41) is 29.0. The van der Waals surface area contributed by atoms with Crippen LogP contribution in [0, 0.1) is 0 Å². The molecule has 4 aromatic heterocycles. The van der Waals surface area contributed by atoms with E-state index in [0.29, 0.717) is 35.7 Å². The van der Waals surface area contributed by atoms with Crippen LogP contribution in [-0.4, -0.2) is 69.1 Å². The molecule has 6 heterocycles. The zero-order valence-electron chi connectivity index (χ0n) is 19.9. The Hall–Kier alpha value is -3.83. The second kappa shape index (κ2) is 8.68. The van der Waals surface area contributed by atoms with E-state index in [4.69, 9.17) is 10.7 Å². The van der Waals surface area contributed by atoms with E-state index in [1.165, 1.54) is 0 Å². The molecule has 186 valence electrons. The Labute approximate surface area is 207 Å². The summed E-state index contributed by atoms with van der Waals surface area (Å²) in [6.07, 6.45) is 9.44. The van der Waals surface area contributed by atoms with Gasteiger partial charge in [-0.05, 0) is 44.7 Å². The van der Waals surface area contributed by atoms with Crippen LogP contribution in [0.3, 0.4) is 0 Å². The SMILES string of the molecule is CC(O)c1c(C2C[C@H]3CC[C@@H](C2)N3C(=O)CO)nc2c(-c3cnn(-c4ccccn4)c3)cnn2c1N. The number of carbonyl (C=O) groups excluding carboxylic acids is 1. The number of amides is 1. The number of aromatic nitrogens is 6. The molecule has 0 spiro atoms. The highest BCUT2D eigenvalue weighted by atomic mass is 16.3. The summed E-state index contributed by atoms with van der Waals surface area (Å²) in [6, 6.07) is 5.73. The summed E-state index contributed by atoms with van der Waals surface area (Å²) >= 11 is 0. The van der Waals surface area contributed by atoms with E-state index < -0.39 is 12.7 Å². The smallest absolute Gasteiger partial charge is 0.248 e. The van der Waals surface area contributed by atoms with Crippen LogP contribution in [0.1, 0.15) is 55.9 Å². The maximum atomic E-state index is 12.3. The molecule has 0 aromatic carbocycles. The van der Waals surface area contributed by atoms with E-state index in [1.54, 1.807) is 34.7 Å². The normalized spacial score (nSPS) is 22.3. The molecule has 2 saturated heterocycles. The first-order chi connectivity index (χ1) is 17.5. The van der Waals surface area contributed by atoms with Gasteiger partial charge >= 0.3 is 0 Å². The Morgan fingerprint density at radius 2 is 1.97 bits per heavy atom. The molecule has 11 nitrogen and oxygen atoms in total. The lowest BCUT2D eigenvalue weighted by molar-refractivity contribution is -0.138. The second-order valence-electron chi connectivity index (χ2n) is 9.64. The summed E-state index contributed by atoms with van der Waals surface area (Å²) in [5.41, 5.74) is 10.1. The van der Waals surface area contributed by atoms with Crippen LogP contribution < -0.4 is 5.73 Å². The van der Waals surface area contributed by atoms with Crippen molar-refractivity contribution in [3.63, 3.8) is 0 Å². The number of piperidine rings is 1. The Balaban J connectivity index is 1.42. The summed E-state index contributed by atoms with van der Waals surface area (Å²) in [5.74, 6) is 0.864. The number of nitrogens with zero attached hydrogens (tertiary/aromatic N) is 7. The number of aliphatic hydroxyl groups excluding tert-OH is 2. The predicted octanol–water partition coefficient (Wildman–Crippen LogP) is 1.84. The predicted molar refractivity (Wildman–Crippen MR) is 131 cm³/mol. The van der Waals surface area contributed by atoms with Gasteiger partial charge in [-0.25, -0.2) is 14.6 Å². The highest BCUT2D eigenvalue weighted by molar-refractivity contribution is 5.79. The van der Waals surface area contributed by atoms with Crippen molar-refractivity contribution in [1.29, 1.82) is 0 Å². The molecule has 2 aliphatic rings. The van der Waals surface area contributed by atoms with Crippen molar-refractivity contribution in [2.24, 2.45) is 0 Å². The Morgan fingerprint density at radius 1 is 1.19 bits per heavy atom. The number of hydrogen-bond acceptors (Lipinski definition) is 8. The fourth-order valence-corrected chi connectivity index (χ4v) is 5.95. The van der Waals surface area contributed by atoms with Gasteiger partial charge in [0, 0.05) is 47.1 Å². The van der Waals surface area contributed by atoms with Gasteiger partial charge in [0.25, 0.3) is 0 Å². The molecule has 36 heavy (non-hydrogen) atoms. The Morgan fingerprint density at radius 3 is 2.64 bits per heavy atom. The van der Waals surface area contributed by atoms with Crippen molar-refractivity contribution in [2.75, 3.05) is 12.3 Å². The van der Waals surface area contributed by atoms with Gasteiger partial charge in [0.1, 0.15) is 12.4 Å². The number of nitrogen functional groups attached to an aromatic ring is 1. The van der Waals surface area contributed by atoms with Crippen LogP contribution in [0.5, 0.6) is 0 Å². The zero-order chi connectivity index (χ0) is 25.0. The average molecular weight is 489 g/mol. The molecule has 11 heteroatoms. The van der Waals surface area contributed by atoms with Crippen LogP contribution in [0.4, 0.5) is 5.82 Å². The van der Waals surface area contributed by atoms with Crippen LogP contribution in [0.2, 0.25) is 0 Å². The van der Waals surface area contributed by atoms with Gasteiger partial charge in [-0.2, -0.15) is 14.7 Å². The number of fused-ring (bicyclic) bond motifs is 3. The zero-order valence-corrected chi connectivity index (χ0v) is 19.9. The summed E-state index contributed by atoms with van der Waals surface area (Å²) in [7, 11) is 0. The van der Waals surface area contributed by atoms with Gasteiger partial charge in [-0.3, -0.25) is 4.79 Å². The monoisotopic (exact) mass is 488 g/mol. The Bertz CT molecular complexity index is 1420. The third-order valence-electron chi connectivity index (χ3n) is 7.49. The lowest BCUT2D eigenvalue weighted by Crippen LogP contribution is -2.47. The number of pyridine rings is 1. The summed E-state index contributed by atoms with van der Waals surface area (Å²) in [4.78, 5) is 23.6. The van der Waals surface area contributed by atoms with Crippen molar-refractivity contribution in [1.82, 2.24) is 34.3 Å². The first-order valence-corrected chi connectivity index (χ1v) is 12.2. The molecule has 0 saturated carbocycles. The standard InChI is InChI=1S/C25H28N8O3/c1-14(35)22-23(15-8-17-5-6-18(9-15)32(17)21(36)13-34)30-25-19(11-29-33(25)24(22)26)16-10-28-31(12-16)20-4-2-3-7-27-20/h2-4,7,10-12,14-15,17-18,34-35H,5-6,8-9,13,26H2,1H3/t14?,15?,17-,18+. The molecule has 0 radical (unpaired) electrons. The number of rotatable bonds is 5. The highest BCUT2D eigenvalue weighted by Crippen LogP contribution is 2.45. The fourth-order valence-electron chi connectivity index (χ4n) is 5.95. The van der Waals surface area contributed by atoms with Crippen molar-refractivity contribution in [3.05, 3.63) is 54.2 Å². The lowest BCUT2D eigenvalue weighted by atomic mass is 9.85. The molecule has 2 bridgehead atoms. The van der Waals surface area contributed by atoms with Crippen LogP contribution in [-0.2, 0) is 4.79 Å². The molecule has 6 rings (SSSR count). The van der Waals surface area contributed by atoms with E-state index in [2.05, 4.69) is 15.2 Å². The summed E-state index contributed by atoms with van der Waals surface area (Å²) < 4.78 is 3.26. The van der Waals surface area contributed by atoms with Crippen molar-refractivity contribution in [2.45, 2.75) is 56.7 Å². The number of nitrogens with two attached hydrogens (primary N) is 1. The molecule has 2 aliphatic heterocycles. The van der Waals surface area contributed by atoms with Gasteiger partial charge in [0.2, 0.25) is 5.91 Å². The molecule has 4 N–H and O–H groups in total. The average Bonchev–Trinajstić information content (AvgIpc) is 3.60. The highest BCUT2D eigenvalue weighted by Gasteiger charge is 2.44. The number of aliphatic hydroxyl groups is 2. The first kappa shape index (κ1) is 22.6. The van der Waals surface area contributed by atoms with Crippen LogP contribution in [0.15, 0.2) is 43.0 Å². The quantitative estimate of drug-likeness (QED) is 0.385. The summed E-state index contributed by atoms with van der Waals surface area (Å²) in [6.45, 7) is 1.21. The van der Waals surface area contributed by atoms with E-state index in [9.17, 15) is 15.0 Å². The van der Waals surface area contributed by atoms with Crippen molar-refractivity contribution < 1.29 is 15.0 Å². The van der Waals surface area contributed by atoms with Gasteiger partial charge in [-0.1, -0.05) is 6.07 Å². The largest absolute Gasteiger partial charge is 0.388 e. The number of carbonyl (C=O) groups is 1. The van der Waals surface area contributed by atoms with E-state index >= 15 is 0 Å². The van der Waals surface area contributed by atoms with E-state index in [-0.39, 0.29) is 23.9 Å². The van der Waals surface area contributed by atoms with Crippen LogP contribution >= 0.6 is 0 Å². The van der Waals surface area contributed by atoms with E-state index in [0.717, 1.165) is 29.7 Å². The van der Waals surface area contributed by atoms with Gasteiger partial charge in [0.05, 0.1) is 24.2 Å². The minimum Gasteiger partial charge on any atom is -0.388 e. The molecule has 4 aromatic rings. The molecule has 2 unspecified atom stereocenters. The topological polar surface area (TPSA) is 148 Å². The van der Waals surface area contributed by atoms with Crippen molar-refractivity contribution in [3.8, 4) is 16.9 Å². The van der Waals surface area contributed by atoms with E-state index in [1.807, 2.05) is 29.3 Å². The second-order valence-corrected chi connectivity index (χ2v) is 9.64. The maximum absolute atomic E-state index is 12.3. The van der Waals surface area contributed by atoms with Crippen molar-refractivity contribution >= 4 is 17.4 Å². The molecule has 4 atom stereocenters. The third-order valence-corrected chi connectivity index (χ3v) is 7.49. The molecular formula is C25H28N8O3. The fraction of sp³-hybridized carbons (Fsp3) is 0.400. The van der Waals surface area contributed by atoms with Gasteiger partial charge in [0.15, 0.2) is 11.5 Å². The first-order valence-electron chi connectivity index (χ1n) is 12.2. The lowest BCUT2D eigenvalue weighted by Gasteiger charge is -2.39. The number of anilines is 1. The van der Waals surface area contributed by atoms with Gasteiger partial charge in [-0.15, -0.1) is 0 Å². The van der Waals surface area contributed by atoms with Crippen LogP contribution in [0.25, 0.3) is 22.6 Å².